The van der Waals surface area contributed by atoms with Gasteiger partial charge in [-0.25, -0.2) is 8.78 Å². The fourth-order valence-corrected chi connectivity index (χ4v) is 0.923. The van der Waals surface area contributed by atoms with Gasteiger partial charge in [0.05, 0.1) is 0 Å². The average Bonchev–Trinajstić information content (AvgIpc) is 2.05. The van der Waals surface area contributed by atoms with E-state index in [-0.39, 0.29) is 12.1 Å². The quantitative estimate of drug-likeness (QED) is 0.738. The molecular weight excluding hydrogens is 162 g/mol. The van der Waals surface area contributed by atoms with E-state index in [0.29, 0.717) is 11.3 Å². The third kappa shape index (κ3) is 1.76. The maximum atomic E-state index is 12.1. The minimum atomic E-state index is -2.47. The molecule has 1 heterocycles. The van der Waals surface area contributed by atoms with Crippen LogP contribution in [-0.4, -0.2) is 4.98 Å². The molecule has 0 saturated heterocycles. The first-order valence-electron chi connectivity index (χ1n) is 3.58. The number of aromatic nitrogens is 1. The number of pyridine rings is 1. The van der Waals surface area contributed by atoms with Gasteiger partial charge in [-0.1, -0.05) is 0 Å². The maximum Gasteiger partial charge on any atom is 0.265 e. The summed E-state index contributed by atoms with van der Waals surface area (Å²) in [5, 5.41) is 0. The van der Waals surface area contributed by atoms with Crippen LogP contribution < -0.4 is 5.73 Å². The Morgan fingerprint density at radius 1 is 1.58 bits per heavy atom. The Labute approximate surface area is 69.4 Å². The number of rotatable bonds is 2. The van der Waals surface area contributed by atoms with E-state index in [1.807, 2.05) is 0 Å². The zero-order chi connectivity index (χ0) is 9.14. The molecule has 66 valence electrons. The van der Waals surface area contributed by atoms with Crippen LogP contribution in [0.2, 0.25) is 0 Å². The van der Waals surface area contributed by atoms with Gasteiger partial charge in [0, 0.05) is 24.0 Å². The van der Waals surface area contributed by atoms with Crippen LogP contribution in [0.15, 0.2) is 12.3 Å². The summed E-state index contributed by atoms with van der Waals surface area (Å²) in [6, 6.07) is 1.40. The van der Waals surface area contributed by atoms with Crippen molar-refractivity contribution >= 4 is 0 Å². The number of aryl methyl sites for hydroxylation is 1. The van der Waals surface area contributed by atoms with Crippen molar-refractivity contribution in [2.75, 3.05) is 0 Å². The second-order valence-electron chi connectivity index (χ2n) is 2.52. The van der Waals surface area contributed by atoms with Gasteiger partial charge in [0.2, 0.25) is 0 Å². The first kappa shape index (κ1) is 9.06. The molecule has 2 N–H and O–H groups in total. The van der Waals surface area contributed by atoms with Crippen LogP contribution in [0.4, 0.5) is 8.78 Å². The molecule has 0 atom stereocenters. The molecule has 1 aromatic heterocycles. The molecule has 0 bridgehead atoms. The van der Waals surface area contributed by atoms with Gasteiger partial charge in [0.15, 0.2) is 0 Å². The van der Waals surface area contributed by atoms with Crippen LogP contribution in [0.3, 0.4) is 0 Å². The summed E-state index contributed by atoms with van der Waals surface area (Å²) >= 11 is 0. The molecule has 0 saturated carbocycles. The molecule has 0 spiro atoms. The summed E-state index contributed by atoms with van der Waals surface area (Å²) in [5.41, 5.74) is 6.65. The smallest absolute Gasteiger partial charge is 0.265 e. The number of halogens is 2. The van der Waals surface area contributed by atoms with Crippen molar-refractivity contribution in [3.8, 4) is 0 Å². The van der Waals surface area contributed by atoms with Crippen LogP contribution in [0, 0.1) is 6.92 Å². The van der Waals surface area contributed by atoms with E-state index in [0.717, 1.165) is 0 Å². The van der Waals surface area contributed by atoms with E-state index in [2.05, 4.69) is 4.98 Å². The van der Waals surface area contributed by atoms with Gasteiger partial charge in [0.25, 0.3) is 6.43 Å². The average molecular weight is 172 g/mol. The summed E-state index contributed by atoms with van der Waals surface area (Å²) in [6.07, 6.45) is -1.29. The predicted octanol–water partition coefficient (Wildman–Crippen LogP) is 1.79. The summed E-state index contributed by atoms with van der Waals surface area (Å²) in [7, 11) is 0. The molecule has 0 aliphatic rings. The molecular formula is C8H10F2N2. The Morgan fingerprint density at radius 3 is 2.75 bits per heavy atom. The van der Waals surface area contributed by atoms with Crippen molar-refractivity contribution in [2.45, 2.75) is 19.9 Å². The largest absolute Gasteiger partial charge is 0.326 e. The highest BCUT2D eigenvalue weighted by Crippen LogP contribution is 2.19. The normalized spacial score (nSPS) is 10.8. The van der Waals surface area contributed by atoms with Gasteiger partial charge in [-0.2, -0.15) is 0 Å². The fourth-order valence-electron chi connectivity index (χ4n) is 0.923. The molecule has 1 aromatic rings. The number of hydrogen-bond acceptors (Lipinski definition) is 2. The summed E-state index contributed by atoms with van der Waals surface area (Å²) in [4.78, 5) is 3.81. The molecule has 0 amide bonds. The second-order valence-corrected chi connectivity index (χ2v) is 2.52. The summed E-state index contributed by atoms with van der Waals surface area (Å²) < 4.78 is 24.3. The highest BCUT2D eigenvalue weighted by molar-refractivity contribution is 5.24. The molecule has 0 radical (unpaired) electrons. The topological polar surface area (TPSA) is 38.9 Å². The Kier molecular flexibility index (Phi) is 2.70. The lowest BCUT2D eigenvalue weighted by atomic mass is 10.1. The van der Waals surface area contributed by atoms with E-state index >= 15 is 0 Å². The minimum Gasteiger partial charge on any atom is -0.326 e. The van der Waals surface area contributed by atoms with E-state index in [1.54, 1.807) is 6.92 Å². The van der Waals surface area contributed by atoms with Crippen molar-refractivity contribution in [1.29, 1.82) is 0 Å². The van der Waals surface area contributed by atoms with Gasteiger partial charge in [-0.05, 0) is 18.6 Å². The first-order valence-corrected chi connectivity index (χ1v) is 3.58. The van der Waals surface area contributed by atoms with Crippen molar-refractivity contribution < 1.29 is 8.78 Å². The van der Waals surface area contributed by atoms with Gasteiger partial charge in [-0.3, -0.25) is 4.98 Å². The van der Waals surface area contributed by atoms with Gasteiger partial charge >= 0.3 is 0 Å². The van der Waals surface area contributed by atoms with Crippen molar-refractivity contribution in [3.05, 3.63) is 29.1 Å². The standard InChI is InChI=1S/C8H10F2N2/c1-5-6(3-11)2-7(4-12-5)8(9)10/h2,4,8H,3,11H2,1H3. The Balaban J connectivity index is 3.05. The second kappa shape index (κ2) is 3.58. The van der Waals surface area contributed by atoms with E-state index in [1.165, 1.54) is 12.3 Å². The maximum absolute atomic E-state index is 12.1. The lowest BCUT2D eigenvalue weighted by molar-refractivity contribution is 0.151. The number of nitrogens with zero attached hydrogens (tertiary/aromatic N) is 1. The number of nitrogens with two attached hydrogens (primary N) is 1. The Bertz CT molecular complexity index is 274. The third-order valence-electron chi connectivity index (χ3n) is 1.68. The highest BCUT2D eigenvalue weighted by Gasteiger charge is 2.08. The highest BCUT2D eigenvalue weighted by atomic mass is 19.3. The Morgan fingerprint density at radius 2 is 2.25 bits per heavy atom. The van der Waals surface area contributed by atoms with E-state index in [4.69, 9.17) is 5.73 Å². The molecule has 0 unspecified atom stereocenters. The molecule has 0 aromatic carbocycles. The van der Waals surface area contributed by atoms with Crippen LogP contribution >= 0.6 is 0 Å². The van der Waals surface area contributed by atoms with Crippen LogP contribution in [0.25, 0.3) is 0 Å². The first-order chi connectivity index (χ1) is 5.65. The van der Waals surface area contributed by atoms with Crippen molar-refractivity contribution in [2.24, 2.45) is 5.73 Å². The molecule has 12 heavy (non-hydrogen) atoms. The lowest BCUT2D eigenvalue weighted by Gasteiger charge is -2.04. The number of hydrogen-bond donors (Lipinski definition) is 1. The van der Waals surface area contributed by atoms with Gasteiger partial charge < -0.3 is 5.73 Å². The molecule has 4 heteroatoms. The summed E-state index contributed by atoms with van der Waals surface area (Å²) in [6.45, 7) is 2.00. The number of alkyl halides is 2. The molecule has 0 fully saturated rings. The van der Waals surface area contributed by atoms with E-state index < -0.39 is 6.43 Å². The van der Waals surface area contributed by atoms with E-state index in [9.17, 15) is 8.78 Å². The van der Waals surface area contributed by atoms with Crippen LogP contribution in [0.5, 0.6) is 0 Å². The predicted molar refractivity (Wildman–Crippen MR) is 41.8 cm³/mol. The monoisotopic (exact) mass is 172 g/mol. The molecule has 0 aliphatic heterocycles. The minimum absolute atomic E-state index is 0.0685. The third-order valence-corrected chi connectivity index (χ3v) is 1.68. The Hall–Kier alpha value is -1.03. The zero-order valence-corrected chi connectivity index (χ0v) is 6.72. The fraction of sp³-hybridized carbons (Fsp3) is 0.375. The van der Waals surface area contributed by atoms with Crippen LogP contribution in [-0.2, 0) is 6.54 Å². The lowest BCUT2D eigenvalue weighted by Crippen LogP contribution is -2.02. The van der Waals surface area contributed by atoms with Crippen molar-refractivity contribution in [1.82, 2.24) is 4.98 Å². The summed E-state index contributed by atoms with van der Waals surface area (Å²) in [5.74, 6) is 0. The molecule has 1 rings (SSSR count). The molecule has 0 aliphatic carbocycles. The van der Waals surface area contributed by atoms with Crippen LogP contribution in [0.1, 0.15) is 23.2 Å². The van der Waals surface area contributed by atoms with Crippen molar-refractivity contribution in [3.63, 3.8) is 0 Å². The van der Waals surface area contributed by atoms with Gasteiger partial charge in [-0.15, -0.1) is 0 Å². The molecule has 2 nitrogen and oxygen atoms in total. The van der Waals surface area contributed by atoms with Gasteiger partial charge in [0.1, 0.15) is 0 Å². The zero-order valence-electron chi connectivity index (χ0n) is 6.72. The SMILES string of the molecule is Cc1ncc(C(F)F)cc1CN.